The Morgan fingerprint density at radius 1 is 1.07 bits per heavy atom. The Bertz CT molecular complexity index is 912. The van der Waals surface area contributed by atoms with Crippen LogP contribution in [-0.4, -0.2) is 29.1 Å². The first-order valence-electron chi connectivity index (χ1n) is 9.00. The largest absolute Gasteiger partial charge is 0.372 e. The van der Waals surface area contributed by atoms with Gasteiger partial charge in [-0.2, -0.15) is 0 Å². The van der Waals surface area contributed by atoms with Gasteiger partial charge in [-0.3, -0.25) is 4.79 Å². The van der Waals surface area contributed by atoms with E-state index in [0.717, 1.165) is 18.8 Å². The Kier molecular flexibility index (Phi) is 4.74. The summed E-state index contributed by atoms with van der Waals surface area (Å²) in [6, 6.07) is 13.5. The summed E-state index contributed by atoms with van der Waals surface area (Å²) in [5.74, 6) is 1.42. The van der Waals surface area contributed by atoms with Gasteiger partial charge in [-0.25, -0.2) is 4.98 Å². The maximum absolute atomic E-state index is 12.2. The maximum atomic E-state index is 12.2. The minimum atomic E-state index is -0.280. The Morgan fingerprint density at radius 2 is 1.85 bits per heavy atom. The van der Waals surface area contributed by atoms with E-state index < -0.39 is 0 Å². The summed E-state index contributed by atoms with van der Waals surface area (Å²) in [5, 5.41) is 9.67. The molecule has 1 amide bonds. The number of amides is 1. The van der Waals surface area contributed by atoms with Crippen molar-refractivity contribution in [3.05, 3.63) is 60.0 Å². The highest BCUT2D eigenvalue weighted by molar-refractivity contribution is 6.03. The van der Waals surface area contributed by atoms with Gasteiger partial charge in [0.25, 0.3) is 5.91 Å². The number of carbonyl (C=O) groups excluding carboxylic acids is 1. The number of nitrogens with zero attached hydrogens (tertiary/aromatic N) is 3. The zero-order chi connectivity index (χ0) is 18.6. The third-order valence-electron chi connectivity index (χ3n) is 4.51. The molecule has 27 heavy (non-hydrogen) atoms. The van der Waals surface area contributed by atoms with Crippen LogP contribution in [-0.2, 0) is 0 Å². The fraction of sp³-hybridized carbons (Fsp3) is 0.250. The summed E-state index contributed by atoms with van der Waals surface area (Å²) in [6.45, 7) is 4.03. The molecule has 0 spiro atoms. The van der Waals surface area contributed by atoms with Crippen LogP contribution in [0.4, 0.5) is 23.0 Å². The summed E-state index contributed by atoms with van der Waals surface area (Å²) in [5.41, 5.74) is 2.66. The zero-order valence-corrected chi connectivity index (χ0v) is 15.1. The molecule has 1 saturated heterocycles. The van der Waals surface area contributed by atoms with Crippen molar-refractivity contribution in [2.75, 3.05) is 28.6 Å². The molecule has 3 aromatic rings. The molecular weight excluding hydrogens is 342 g/mol. The average Bonchev–Trinajstić information content (AvgIpc) is 3.35. The van der Waals surface area contributed by atoms with Gasteiger partial charge in [0.2, 0.25) is 0 Å². The van der Waals surface area contributed by atoms with Gasteiger partial charge in [0, 0.05) is 36.7 Å². The van der Waals surface area contributed by atoms with Crippen LogP contribution in [0, 0.1) is 6.92 Å². The molecule has 1 fully saturated rings. The fourth-order valence-corrected chi connectivity index (χ4v) is 3.09. The van der Waals surface area contributed by atoms with Crippen LogP contribution in [0.5, 0.6) is 0 Å². The molecule has 7 nitrogen and oxygen atoms in total. The van der Waals surface area contributed by atoms with Crippen molar-refractivity contribution in [2.24, 2.45) is 0 Å². The van der Waals surface area contributed by atoms with E-state index in [4.69, 9.17) is 4.52 Å². The van der Waals surface area contributed by atoms with Gasteiger partial charge in [0.05, 0.1) is 5.56 Å². The van der Waals surface area contributed by atoms with E-state index in [1.807, 2.05) is 12.1 Å². The number of benzene rings is 1. The van der Waals surface area contributed by atoms with Gasteiger partial charge >= 0.3 is 0 Å². The number of hydrogen-bond acceptors (Lipinski definition) is 6. The molecule has 4 rings (SSSR count). The summed E-state index contributed by atoms with van der Waals surface area (Å²) in [4.78, 5) is 18.9. The summed E-state index contributed by atoms with van der Waals surface area (Å²) >= 11 is 0. The Labute approximate surface area is 157 Å². The fourth-order valence-electron chi connectivity index (χ4n) is 3.09. The van der Waals surface area contributed by atoms with Gasteiger partial charge in [-0.05, 0) is 56.2 Å². The third-order valence-corrected chi connectivity index (χ3v) is 4.51. The quantitative estimate of drug-likeness (QED) is 0.713. The molecule has 0 saturated carbocycles. The maximum Gasteiger partial charge on any atom is 0.258 e. The topological polar surface area (TPSA) is 83.3 Å². The van der Waals surface area contributed by atoms with Gasteiger partial charge in [0.1, 0.15) is 11.6 Å². The van der Waals surface area contributed by atoms with Crippen molar-refractivity contribution >= 4 is 28.9 Å². The minimum absolute atomic E-state index is 0.280. The van der Waals surface area contributed by atoms with Crippen molar-refractivity contribution in [2.45, 2.75) is 19.8 Å². The molecule has 3 heterocycles. The standard InChI is InChI=1S/C20H21N5O2/c1-14-12-19(24-27-14)23-20(26)15-4-9-18(21-13-15)22-16-5-7-17(8-6-16)25-10-2-3-11-25/h4-9,12-13H,2-3,10-11H2,1H3,(H,21,22)(H,23,24,26). The second kappa shape index (κ2) is 7.49. The number of aryl methyl sites for hydroxylation is 1. The van der Waals surface area contributed by atoms with Crippen LogP contribution in [0.3, 0.4) is 0 Å². The van der Waals surface area contributed by atoms with E-state index in [9.17, 15) is 4.79 Å². The summed E-state index contributed by atoms with van der Waals surface area (Å²) < 4.78 is 4.93. The van der Waals surface area contributed by atoms with Gasteiger partial charge in [-0.1, -0.05) is 5.16 Å². The lowest BCUT2D eigenvalue weighted by atomic mass is 10.2. The first-order chi connectivity index (χ1) is 13.2. The van der Waals surface area contributed by atoms with E-state index in [0.29, 0.717) is 23.0 Å². The highest BCUT2D eigenvalue weighted by Crippen LogP contribution is 2.23. The predicted octanol–water partition coefficient (Wildman–Crippen LogP) is 3.97. The molecular formula is C20H21N5O2. The number of pyridine rings is 1. The SMILES string of the molecule is Cc1cc(NC(=O)c2ccc(Nc3ccc(N4CCCC4)cc3)nc2)no1. The van der Waals surface area contributed by atoms with Crippen LogP contribution in [0.25, 0.3) is 0 Å². The molecule has 0 atom stereocenters. The molecule has 7 heteroatoms. The first-order valence-corrected chi connectivity index (χ1v) is 9.00. The van der Waals surface area contributed by atoms with Crippen molar-refractivity contribution < 1.29 is 9.32 Å². The normalized spacial score (nSPS) is 13.6. The van der Waals surface area contributed by atoms with E-state index in [2.05, 4.69) is 37.8 Å². The molecule has 0 aliphatic carbocycles. The number of nitrogens with one attached hydrogen (secondary N) is 2. The Morgan fingerprint density at radius 3 is 2.48 bits per heavy atom. The number of carbonyl (C=O) groups is 1. The average molecular weight is 363 g/mol. The Balaban J connectivity index is 1.37. The second-order valence-corrected chi connectivity index (χ2v) is 6.58. The molecule has 2 aromatic heterocycles. The van der Waals surface area contributed by atoms with Crippen molar-refractivity contribution in [3.63, 3.8) is 0 Å². The molecule has 0 unspecified atom stereocenters. The lowest BCUT2D eigenvalue weighted by Crippen LogP contribution is -2.17. The molecule has 0 bridgehead atoms. The van der Waals surface area contributed by atoms with E-state index in [1.165, 1.54) is 24.7 Å². The molecule has 1 aliphatic rings. The molecule has 0 radical (unpaired) electrons. The van der Waals surface area contributed by atoms with Gasteiger partial charge < -0.3 is 20.1 Å². The number of rotatable bonds is 5. The van der Waals surface area contributed by atoms with Crippen LogP contribution < -0.4 is 15.5 Å². The highest BCUT2D eigenvalue weighted by atomic mass is 16.5. The predicted molar refractivity (Wildman–Crippen MR) is 105 cm³/mol. The van der Waals surface area contributed by atoms with Crippen LogP contribution >= 0.6 is 0 Å². The van der Waals surface area contributed by atoms with E-state index >= 15 is 0 Å². The number of aromatic nitrogens is 2. The highest BCUT2D eigenvalue weighted by Gasteiger charge is 2.12. The van der Waals surface area contributed by atoms with Crippen LogP contribution in [0.2, 0.25) is 0 Å². The first kappa shape index (κ1) is 17.1. The summed E-state index contributed by atoms with van der Waals surface area (Å²) in [6.07, 6.45) is 4.06. The third kappa shape index (κ3) is 4.08. The molecule has 2 N–H and O–H groups in total. The van der Waals surface area contributed by atoms with E-state index in [-0.39, 0.29) is 5.91 Å². The number of hydrogen-bond donors (Lipinski definition) is 2. The van der Waals surface area contributed by atoms with Crippen molar-refractivity contribution in [1.82, 2.24) is 10.1 Å². The van der Waals surface area contributed by atoms with Gasteiger partial charge in [-0.15, -0.1) is 0 Å². The van der Waals surface area contributed by atoms with Crippen LogP contribution in [0.15, 0.2) is 53.2 Å². The van der Waals surface area contributed by atoms with Crippen molar-refractivity contribution in [3.8, 4) is 0 Å². The van der Waals surface area contributed by atoms with E-state index in [1.54, 1.807) is 25.1 Å². The Hall–Kier alpha value is -3.35. The lowest BCUT2D eigenvalue weighted by Gasteiger charge is -2.17. The second-order valence-electron chi connectivity index (χ2n) is 6.58. The number of anilines is 4. The smallest absolute Gasteiger partial charge is 0.258 e. The zero-order valence-electron chi connectivity index (χ0n) is 15.1. The minimum Gasteiger partial charge on any atom is -0.372 e. The monoisotopic (exact) mass is 363 g/mol. The summed E-state index contributed by atoms with van der Waals surface area (Å²) in [7, 11) is 0. The van der Waals surface area contributed by atoms with Crippen LogP contribution in [0.1, 0.15) is 29.0 Å². The molecule has 138 valence electrons. The van der Waals surface area contributed by atoms with Gasteiger partial charge in [0.15, 0.2) is 5.82 Å². The molecule has 1 aliphatic heterocycles. The lowest BCUT2D eigenvalue weighted by molar-refractivity contribution is 0.102. The van der Waals surface area contributed by atoms with Crippen molar-refractivity contribution in [1.29, 1.82) is 0 Å². The molecule has 1 aromatic carbocycles.